The number of rotatable bonds is 6. The number of anilines is 4. The molecule has 1 saturated carbocycles. The lowest BCUT2D eigenvalue weighted by Gasteiger charge is -2.39. The van der Waals surface area contributed by atoms with Crippen molar-refractivity contribution in [3.63, 3.8) is 0 Å². The number of nitrogens with zero attached hydrogens (tertiary/aromatic N) is 7. The predicted molar refractivity (Wildman–Crippen MR) is 150 cm³/mol. The number of carbonyl (C=O) groups is 1. The molecule has 9 heteroatoms. The van der Waals surface area contributed by atoms with Crippen molar-refractivity contribution >= 4 is 29.3 Å². The average Bonchev–Trinajstić information content (AvgIpc) is 3.20. The number of aromatic nitrogens is 3. The van der Waals surface area contributed by atoms with Crippen LogP contribution in [-0.4, -0.2) is 76.1 Å². The van der Waals surface area contributed by atoms with Crippen molar-refractivity contribution in [2.45, 2.75) is 44.2 Å². The second kappa shape index (κ2) is 10.6. The van der Waals surface area contributed by atoms with E-state index in [1.54, 1.807) is 6.20 Å². The van der Waals surface area contributed by atoms with E-state index in [0.29, 0.717) is 24.1 Å². The van der Waals surface area contributed by atoms with Crippen LogP contribution in [0.3, 0.4) is 0 Å². The van der Waals surface area contributed by atoms with Crippen LogP contribution in [0.2, 0.25) is 0 Å². The molecule has 38 heavy (non-hydrogen) atoms. The molecule has 3 aromatic rings. The maximum absolute atomic E-state index is 13.8. The van der Waals surface area contributed by atoms with Gasteiger partial charge in [0, 0.05) is 45.5 Å². The van der Waals surface area contributed by atoms with Crippen molar-refractivity contribution in [2.75, 3.05) is 54.9 Å². The molecule has 1 aromatic carbocycles. The minimum atomic E-state index is -0.224. The normalized spacial score (nSPS) is 19.8. The molecule has 2 aromatic heterocycles. The lowest BCUT2D eigenvalue weighted by atomic mass is 9.81. The zero-order valence-electron chi connectivity index (χ0n) is 22.1. The number of hydrogen-bond acceptors (Lipinski definition) is 7. The number of hydrogen-bond donors (Lipinski definition) is 1. The highest BCUT2D eigenvalue weighted by molar-refractivity contribution is 5.95. The van der Waals surface area contributed by atoms with E-state index < -0.39 is 0 Å². The Morgan fingerprint density at radius 3 is 2.45 bits per heavy atom. The maximum atomic E-state index is 13.8. The van der Waals surface area contributed by atoms with Gasteiger partial charge in [0.15, 0.2) is 0 Å². The van der Waals surface area contributed by atoms with Gasteiger partial charge < -0.3 is 20.0 Å². The molecule has 0 bridgehead atoms. The molecule has 0 radical (unpaired) electrons. The molecule has 3 aliphatic rings. The van der Waals surface area contributed by atoms with Crippen molar-refractivity contribution in [2.24, 2.45) is 0 Å². The van der Waals surface area contributed by atoms with Gasteiger partial charge in [0.2, 0.25) is 5.95 Å². The van der Waals surface area contributed by atoms with Crippen LogP contribution in [0.1, 0.15) is 37.7 Å². The fraction of sp³-hybridized carbons (Fsp3) is 0.448. The number of piperazine rings is 1. The lowest BCUT2D eigenvalue weighted by Crippen LogP contribution is -2.49. The molecule has 1 aliphatic carbocycles. The summed E-state index contributed by atoms with van der Waals surface area (Å²) in [7, 11) is 2.16. The van der Waals surface area contributed by atoms with Crippen LogP contribution in [0.15, 0.2) is 60.9 Å². The summed E-state index contributed by atoms with van der Waals surface area (Å²) in [5, 5.41) is 3.25. The van der Waals surface area contributed by atoms with Crippen LogP contribution >= 0.6 is 0 Å². The first-order valence-electron chi connectivity index (χ1n) is 13.7. The molecule has 2 saturated heterocycles. The zero-order chi connectivity index (χ0) is 26.0. The summed E-state index contributed by atoms with van der Waals surface area (Å²) in [6, 6.07) is 16.2. The minimum Gasteiger partial charge on any atom is -0.368 e. The molecular weight excluding hydrogens is 476 g/mol. The smallest absolute Gasteiger partial charge is 0.326 e. The van der Waals surface area contributed by atoms with Crippen LogP contribution < -0.4 is 15.1 Å². The molecule has 0 unspecified atom stereocenters. The number of carbonyl (C=O) groups excluding carboxylic acids is 1. The number of urea groups is 1. The fourth-order valence-corrected chi connectivity index (χ4v) is 6.06. The van der Waals surface area contributed by atoms with Gasteiger partial charge in [0.05, 0.1) is 17.4 Å². The van der Waals surface area contributed by atoms with Gasteiger partial charge >= 0.3 is 6.03 Å². The van der Waals surface area contributed by atoms with Crippen LogP contribution in [0.5, 0.6) is 0 Å². The Morgan fingerprint density at radius 1 is 0.921 bits per heavy atom. The van der Waals surface area contributed by atoms with Gasteiger partial charge in [-0.15, -0.1) is 0 Å². The highest BCUT2D eigenvalue weighted by Crippen LogP contribution is 2.42. The van der Waals surface area contributed by atoms with Gasteiger partial charge in [-0.3, -0.25) is 4.90 Å². The Balaban J connectivity index is 1.21. The zero-order valence-corrected chi connectivity index (χ0v) is 22.1. The number of likely N-dealkylation sites (N-methyl/N-ethyl adjacent to an activating group) is 1. The third-order valence-electron chi connectivity index (χ3n) is 8.15. The van der Waals surface area contributed by atoms with E-state index in [1.807, 2.05) is 46.3 Å². The first-order valence-corrected chi connectivity index (χ1v) is 13.7. The quantitative estimate of drug-likeness (QED) is 0.520. The van der Waals surface area contributed by atoms with Crippen molar-refractivity contribution in [1.82, 2.24) is 24.8 Å². The van der Waals surface area contributed by atoms with E-state index in [2.05, 4.69) is 50.3 Å². The van der Waals surface area contributed by atoms with Crippen LogP contribution in [-0.2, 0) is 6.54 Å². The maximum Gasteiger partial charge on any atom is 0.326 e. The third kappa shape index (κ3) is 5.03. The van der Waals surface area contributed by atoms with E-state index in [4.69, 9.17) is 4.98 Å². The Labute approximate surface area is 224 Å². The molecule has 1 N–H and O–H groups in total. The Kier molecular flexibility index (Phi) is 6.84. The van der Waals surface area contributed by atoms with E-state index in [-0.39, 0.29) is 11.6 Å². The van der Waals surface area contributed by atoms with Crippen LogP contribution in [0.4, 0.5) is 28.1 Å². The summed E-state index contributed by atoms with van der Waals surface area (Å²) in [6.07, 6.45) is 9.09. The molecule has 4 heterocycles. The van der Waals surface area contributed by atoms with Crippen LogP contribution in [0.25, 0.3) is 0 Å². The molecule has 2 amide bonds. The molecule has 9 nitrogen and oxygen atoms in total. The van der Waals surface area contributed by atoms with Gasteiger partial charge in [-0.25, -0.2) is 14.8 Å². The van der Waals surface area contributed by atoms with E-state index in [9.17, 15) is 4.79 Å². The highest BCUT2D eigenvalue weighted by Gasteiger charge is 2.51. The van der Waals surface area contributed by atoms with Gasteiger partial charge in [-0.2, -0.15) is 4.98 Å². The summed E-state index contributed by atoms with van der Waals surface area (Å²) in [6.45, 7) is 5.45. The van der Waals surface area contributed by atoms with Gasteiger partial charge in [0.25, 0.3) is 0 Å². The standard InChI is InChI=1S/C29H36N8O/c1-34-16-18-35(19-17-34)24-10-11-25(31-20-24)32-27-30-15-12-26(33-27)37-28(38)36(21-23-8-4-2-5-9-23)22-29(37)13-6-3-7-14-29/h2,4-5,8-12,15,20H,3,6-7,13-14,16-19,21-22H2,1H3,(H,30,31,32,33). The van der Waals surface area contributed by atoms with E-state index >= 15 is 0 Å². The van der Waals surface area contributed by atoms with E-state index in [1.165, 1.54) is 6.42 Å². The number of amides is 2. The Bertz CT molecular complexity index is 1240. The van der Waals surface area contributed by atoms with Gasteiger partial charge in [-0.05, 0) is 43.7 Å². The first kappa shape index (κ1) is 24.6. The Hall–Kier alpha value is -3.72. The van der Waals surface area contributed by atoms with Crippen molar-refractivity contribution in [3.8, 4) is 0 Å². The third-order valence-corrected chi connectivity index (χ3v) is 8.15. The molecule has 6 rings (SSSR count). The van der Waals surface area contributed by atoms with Crippen molar-refractivity contribution < 1.29 is 4.79 Å². The van der Waals surface area contributed by atoms with Gasteiger partial charge in [-0.1, -0.05) is 49.6 Å². The van der Waals surface area contributed by atoms with Crippen LogP contribution in [0, 0.1) is 0 Å². The summed E-state index contributed by atoms with van der Waals surface area (Å²) in [4.78, 5) is 36.3. The number of benzene rings is 1. The monoisotopic (exact) mass is 512 g/mol. The molecular formula is C29H36N8O. The first-order chi connectivity index (χ1) is 18.6. The Morgan fingerprint density at radius 2 is 1.71 bits per heavy atom. The van der Waals surface area contributed by atoms with Crippen molar-refractivity contribution in [3.05, 3.63) is 66.5 Å². The minimum absolute atomic E-state index is 0.0232. The molecule has 2 aliphatic heterocycles. The molecule has 198 valence electrons. The topological polar surface area (TPSA) is 80.7 Å². The fourth-order valence-electron chi connectivity index (χ4n) is 6.06. The lowest BCUT2D eigenvalue weighted by molar-refractivity contribution is 0.215. The average molecular weight is 513 g/mol. The summed E-state index contributed by atoms with van der Waals surface area (Å²) >= 11 is 0. The molecule has 1 spiro atoms. The molecule has 0 atom stereocenters. The number of pyridine rings is 1. The second-order valence-electron chi connectivity index (χ2n) is 10.8. The summed E-state index contributed by atoms with van der Waals surface area (Å²) in [5.74, 6) is 1.78. The SMILES string of the molecule is CN1CCN(c2ccc(Nc3nccc(N4C(=O)N(Cc5ccccc5)CC45CCCCC5)n3)nc2)CC1. The van der Waals surface area contributed by atoms with Gasteiger partial charge in [0.1, 0.15) is 11.6 Å². The van der Waals surface area contributed by atoms with E-state index in [0.717, 1.165) is 69.7 Å². The molecule has 3 fully saturated rings. The number of nitrogens with one attached hydrogen (secondary N) is 1. The predicted octanol–water partition coefficient (Wildman–Crippen LogP) is 4.51. The summed E-state index contributed by atoms with van der Waals surface area (Å²) < 4.78 is 0. The highest BCUT2D eigenvalue weighted by atomic mass is 16.2. The van der Waals surface area contributed by atoms with Crippen molar-refractivity contribution in [1.29, 1.82) is 0 Å². The second-order valence-corrected chi connectivity index (χ2v) is 10.8. The summed E-state index contributed by atoms with van der Waals surface area (Å²) in [5.41, 5.74) is 2.04. The largest absolute Gasteiger partial charge is 0.368 e.